The summed E-state index contributed by atoms with van der Waals surface area (Å²) in [6.07, 6.45) is 0. The first-order chi connectivity index (χ1) is 6.01. The van der Waals surface area contributed by atoms with Crippen LogP contribution in [0.4, 0.5) is 0 Å². The maximum atomic E-state index is 5.13. The van der Waals surface area contributed by atoms with Crippen molar-refractivity contribution in [3.63, 3.8) is 0 Å². The Morgan fingerprint density at radius 2 is 1.69 bits per heavy atom. The number of hydrogen-bond acceptors (Lipinski definition) is 3. The molecule has 0 bridgehead atoms. The van der Waals surface area contributed by atoms with Crippen LogP contribution >= 0.6 is 0 Å². The third-order valence-corrected chi connectivity index (χ3v) is 7.24. The fraction of sp³-hybridized carbons (Fsp3) is 0.778. The maximum Gasteiger partial charge on any atom is 0.233 e. The Morgan fingerprint density at radius 1 is 1.23 bits per heavy atom. The van der Waals surface area contributed by atoms with E-state index in [4.69, 9.17) is 4.74 Å². The van der Waals surface area contributed by atoms with Gasteiger partial charge < -0.3 is 13.9 Å². The second-order valence-electron chi connectivity index (χ2n) is 3.61. The van der Waals surface area contributed by atoms with Crippen LogP contribution in [0.1, 0.15) is 0 Å². The Balaban J connectivity index is 4.55. The highest BCUT2D eigenvalue weighted by Gasteiger charge is 2.35. The highest BCUT2D eigenvalue weighted by molar-refractivity contribution is 6.79. The molecule has 0 aromatic heterocycles. The summed E-state index contributed by atoms with van der Waals surface area (Å²) in [6, 6.07) is 1.06. The first-order valence-electron chi connectivity index (χ1n) is 4.48. The summed E-state index contributed by atoms with van der Waals surface area (Å²) >= 11 is 0. The number of hydrogen-bond donors (Lipinski definition) is 0. The molecule has 3 nitrogen and oxygen atoms in total. The van der Waals surface area contributed by atoms with Gasteiger partial charge in [0.15, 0.2) is 0 Å². The third-order valence-electron chi connectivity index (χ3n) is 2.55. The predicted octanol–water partition coefficient (Wildman–Crippen LogP) is 0.923. The minimum Gasteiger partial charge on any atom is -0.385 e. The van der Waals surface area contributed by atoms with E-state index in [9.17, 15) is 0 Å². The molecular weight excluding hydrogens is 180 g/mol. The predicted molar refractivity (Wildman–Crippen MR) is 60.0 cm³/mol. The minimum atomic E-state index is -1.64. The highest BCUT2D eigenvalue weighted by atomic mass is 28.3. The third kappa shape index (κ3) is 2.91. The highest BCUT2D eigenvalue weighted by Crippen LogP contribution is 2.16. The molecule has 4 heteroatoms. The molecule has 0 amide bonds. The van der Waals surface area contributed by atoms with Crippen LogP contribution in [0.5, 0.6) is 0 Å². The molecule has 0 aromatic rings. The molecule has 0 aliphatic heterocycles. The van der Waals surface area contributed by atoms with Gasteiger partial charge in [0.2, 0.25) is 8.40 Å². The number of nitrogens with zero attached hydrogens (tertiary/aromatic N) is 2. The van der Waals surface area contributed by atoms with Gasteiger partial charge in [0, 0.05) is 13.7 Å². The molecule has 0 aliphatic carbocycles. The minimum absolute atomic E-state index is 0.800. The van der Waals surface area contributed by atoms with Crippen molar-refractivity contribution in [1.29, 1.82) is 0 Å². The van der Waals surface area contributed by atoms with Crippen molar-refractivity contribution in [2.75, 3.05) is 41.9 Å². The van der Waals surface area contributed by atoms with E-state index in [0.29, 0.717) is 0 Å². The average Bonchev–Trinajstić information content (AvgIpc) is 2.05. The standard InChI is InChI=1S/C9H22N2OSi/c1-7-13(10(2)3,11(4)5)9-8-12-6/h7H,1,8-9H2,2-6H3. The molecule has 0 saturated heterocycles. The summed E-state index contributed by atoms with van der Waals surface area (Å²) in [5.74, 6) is 0. The van der Waals surface area contributed by atoms with E-state index >= 15 is 0 Å². The molecule has 0 atom stereocenters. The normalized spacial score (nSPS) is 12.5. The van der Waals surface area contributed by atoms with Crippen molar-refractivity contribution in [2.24, 2.45) is 0 Å². The quantitative estimate of drug-likeness (QED) is 0.596. The Labute approximate surface area is 83.1 Å². The lowest BCUT2D eigenvalue weighted by molar-refractivity contribution is 0.210. The molecule has 0 saturated carbocycles. The van der Waals surface area contributed by atoms with Crippen molar-refractivity contribution < 1.29 is 4.74 Å². The summed E-state index contributed by atoms with van der Waals surface area (Å²) < 4.78 is 9.71. The molecule has 0 aromatic carbocycles. The molecule has 0 N–H and O–H groups in total. The van der Waals surface area contributed by atoms with E-state index in [1.807, 2.05) is 0 Å². The number of rotatable bonds is 6. The molecule has 0 heterocycles. The molecule has 0 aliphatic rings. The van der Waals surface area contributed by atoms with Gasteiger partial charge in [0.25, 0.3) is 0 Å². The number of ether oxygens (including phenoxy) is 1. The van der Waals surface area contributed by atoms with E-state index in [-0.39, 0.29) is 0 Å². The van der Waals surface area contributed by atoms with Crippen LogP contribution in [0.15, 0.2) is 12.3 Å². The van der Waals surface area contributed by atoms with Crippen LogP contribution in [0, 0.1) is 0 Å². The van der Waals surface area contributed by atoms with Crippen molar-refractivity contribution in [2.45, 2.75) is 6.04 Å². The summed E-state index contributed by atoms with van der Waals surface area (Å²) in [5.41, 5.74) is 2.10. The second-order valence-corrected chi connectivity index (χ2v) is 8.07. The Bertz CT molecular complexity index is 152. The lowest BCUT2D eigenvalue weighted by Crippen LogP contribution is -2.59. The van der Waals surface area contributed by atoms with Crippen LogP contribution < -0.4 is 0 Å². The van der Waals surface area contributed by atoms with Gasteiger partial charge in [-0.25, -0.2) is 0 Å². The van der Waals surface area contributed by atoms with Gasteiger partial charge in [-0.05, 0) is 34.2 Å². The van der Waals surface area contributed by atoms with Crippen molar-refractivity contribution in [3.8, 4) is 0 Å². The molecule has 0 rings (SSSR count). The number of methoxy groups -OCH3 is 1. The lowest BCUT2D eigenvalue weighted by Gasteiger charge is -2.40. The van der Waals surface area contributed by atoms with Crippen molar-refractivity contribution >= 4 is 8.40 Å². The van der Waals surface area contributed by atoms with Crippen LogP contribution in [-0.4, -0.2) is 59.4 Å². The van der Waals surface area contributed by atoms with E-state index in [1.54, 1.807) is 7.11 Å². The zero-order valence-corrected chi connectivity index (χ0v) is 10.5. The summed E-state index contributed by atoms with van der Waals surface area (Å²) in [5, 5.41) is 0. The first-order valence-corrected chi connectivity index (χ1v) is 6.66. The molecule has 0 spiro atoms. The Kier molecular flexibility index (Phi) is 5.47. The lowest BCUT2D eigenvalue weighted by atomic mass is 10.9. The zero-order chi connectivity index (χ0) is 10.5. The molecule has 78 valence electrons. The van der Waals surface area contributed by atoms with E-state index < -0.39 is 8.40 Å². The zero-order valence-electron chi connectivity index (χ0n) is 9.50. The first kappa shape index (κ1) is 12.8. The molecule has 13 heavy (non-hydrogen) atoms. The Morgan fingerprint density at radius 3 is 1.92 bits per heavy atom. The van der Waals surface area contributed by atoms with Gasteiger partial charge in [0.05, 0.1) is 0 Å². The molecule has 0 fully saturated rings. The van der Waals surface area contributed by atoms with Gasteiger partial charge in [0.1, 0.15) is 0 Å². The maximum absolute atomic E-state index is 5.13. The smallest absolute Gasteiger partial charge is 0.233 e. The van der Waals surface area contributed by atoms with Gasteiger partial charge >= 0.3 is 0 Å². The molecule has 0 radical (unpaired) electrons. The summed E-state index contributed by atoms with van der Waals surface area (Å²) in [4.78, 5) is 0. The van der Waals surface area contributed by atoms with Gasteiger partial charge in [-0.2, -0.15) is 0 Å². The van der Waals surface area contributed by atoms with Gasteiger partial charge in [-0.1, -0.05) is 5.70 Å². The molecule has 0 unspecified atom stereocenters. The topological polar surface area (TPSA) is 15.7 Å². The van der Waals surface area contributed by atoms with Crippen molar-refractivity contribution in [1.82, 2.24) is 9.13 Å². The Hall–Kier alpha value is -0.163. The average molecular weight is 202 g/mol. The van der Waals surface area contributed by atoms with E-state index in [0.717, 1.165) is 12.7 Å². The van der Waals surface area contributed by atoms with Crippen molar-refractivity contribution in [3.05, 3.63) is 12.3 Å². The van der Waals surface area contributed by atoms with E-state index in [2.05, 4.69) is 49.6 Å². The summed E-state index contributed by atoms with van der Waals surface area (Å²) in [7, 11) is 8.56. The van der Waals surface area contributed by atoms with Gasteiger partial charge in [-0.3, -0.25) is 0 Å². The van der Waals surface area contributed by atoms with Crippen LogP contribution in [0.25, 0.3) is 0 Å². The second kappa shape index (κ2) is 5.54. The molecular formula is C9H22N2OSi. The van der Waals surface area contributed by atoms with Crippen LogP contribution in [0.3, 0.4) is 0 Å². The van der Waals surface area contributed by atoms with Crippen LogP contribution in [-0.2, 0) is 4.74 Å². The van der Waals surface area contributed by atoms with E-state index in [1.165, 1.54) is 0 Å². The largest absolute Gasteiger partial charge is 0.385 e. The van der Waals surface area contributed by atoms with Gasteiger partial charge in [-0.15, -0.1) is 6.58 Å². The monoisotopic (exact) mass is 202 g/mol. The SMILES string of the molecule is C=C[Si](CCOC)(N(C)C)N(C)C. The van der Waals surface area contributed by atoms with Crippen LogP contribution in [0.2, 0.25) is 6.04 Å². The summed E-state index contributed by atoms with van der Waals surface area (Å²) in [6.45, 7) is 4.75. The fourth-order valence-corrected chi connectivity index (χ4v) is 4.70. The fourth-order valence-electron chi connectivity index (χ4n) is 1.57.